The summed E-state index contributed by atoms with van der Waals surface area (Å²) >= 11 is 0. The van der Waals surface area contributed by atoms with Crippen molar-refractivity contribution in [3.63, 3.8) is 0 Å². The SMILES string of the molecule is C=C(C)CC(C)(C)CC. The van der Waals surface area contributed by atoms with Gasteiger partial charge in [-0.2, -0.15) is 0 Å². The van der Waals surface area contributed by atoms with Crippen LogP contribution in [0.3, 0.4) is 0 Å². The average Bonchev–Trinajstić information content (AvgIpc) is 1.63. The third-order valence-electron chi connectivity index (χ3n) is 1.74. The minimum atomic E-state index is 0.464. The highest BCUT2D eigenvalue weighted by molar-refractivity contribution is 4.93. The van der Waals surface area contributed by atoms with Gasteiger partial charge < -0.3 is 0 Å². The third kappa shape index (κ3) is 4.26. The second kappa shape index (κ2) is 3.05. The van der Waals surface area contributed by atoms with Gasteiger partial charge in [0, 0.05) is 0 Å². The number of rotatable bonds is 3. The van der Waals surface area contributed by atoms with Crippen LogP contribution in [-0.4, -0.2) is 0 Å². The van der Waals surface area contributed by atoms with Crippen molar-refractivity contribution in [3.05, 3.63) is 12.2 Å². The molecule has 0 aliphatic heterocycles. The fourth-order valence-corrected chi connectivity index (χ4v) is 0.942. The molecule has 0 heteroatoms. The van der Waals surface area contributed by atoms with Crippen LogP contribution < -0.4 is 0 Å². The van der Waals surface area contributed by atoms with Crippen molar-refractivity contribution in [2.24, 2.45) is 5.41 Å². The van der Waals surface area contributed by atoms with Gasteiger partial charge in [-0.3, -0.25) is 0 Å². The lowest BCUT2D eigenvalue weighted by molar-refractivity contribution is 0.348. The van der Waals surface area contributed by atoms with E-state index in [0.29, 0.717) is 5.41 Å². The zero-order chi connectivity index (χ0) is 7.49. The molecule has 0 bridgehead atoms. The molecule has 0 rings (SSSR count). The fourth-order valence-electron chi connectivity index (χ4n) is 0.942. The second-order valence-electron chi connectivity index (χ2n) is 3.65. The minimum absolute atomic E-state index is 0.464. The average molecular weight is 126 g/mol. The molecule has 0 amide bonds. The van der Waals surface area contributed by atoms with Crippen LogP contribution in [0.2, 0.25) is 0 Å². The van der Waals surface area contributed by atoms with Crippen molar-refractivity contribution in [2.75, 3.05) is 0 Å². The summed E-state index contributed by atoms with van der Waals surface area (Å²) in [6.07, 6.45) is 2.39. The molecule has 0 aromatic heterocycles. The summed E-state index contributed by atoms with van der Waals surface area (Å²) in [6, 6.07) is 0. The van der Waals surface area contributed by atoms with E-state index in [2.05, 4.69) is 34.3 Å². The second-order valence-corrected chi connectivity index (χ2v) is 3.65. The molecule has 0 saturated heterocycles. The van der Waals surface area contributed by atoms with E-state index >= 15 is 0 Å². The van der Waals surface area contributed by atoms with Crippen molar-refractivity contribution < 1.29 is 0 Å². The lowest BCUT2D eigenvalue weighted by Crippen LogP contribution is -2.08. The van der Waals surface area contributed by atoms with Gasteiger partial charge in [0.25, 0.3) is 0 Å². The molecule has 0 aliphatic rings. The van der Waals surface area contributed by atoms with Crippen LogP contribution in [0.4, 0.5) is 0 Å². The van der Waals surface area contributed by atoms with Crippen LogP contribution in [0.15, 0.2) is 12.2 Å². The topological polar surface area (TPSA) is 0 Å². The van der Waals surface area contributed by atoms with Gasteiger partial charge in [0.05, 0.1) is 0 Å². The van der Waals surface area contributed by atoms with Gasteiger partial charge in [0.1, 0.15) is 0 Å². The molecule has 0 radical (unpaired) electrons. The summed E-state index contributed by atoms with van der Waals surface area (Å²) in [5.74, 6) is 0. The molecule has 0 aliphatic carbocycles. The molecule has 0 saturated carbocycles. The largest absolute Gasteiger partial charge is 0.100 e. The van der Waals surface area contributed by atoms with Crippen LogP contribution in [0.1, 0.15) is 40.5 Å². The van der Waals surface area contributed by atoms with Gasteiger partial charge in [-0.25, -0.2) is 0 Å². The van der Waals surface area contributed by atoms with E-state index in [4.69, 9.17) is 0 Å². The summed E-state index contributed by atoms with van der Waals surface area (Å²) in [5, 5.41) is 0. The van der Waals surface area contributed by atoms with Gasteiger partial charge >= 0.3 is 0 Å². The predicted octanol–water partition coefficient (Wildman–Crippen LogP) is 3.39. The van der Waals surface area contributed by atoms with Gasteiger partial charge in [-0.15, -0.1) is 6.58 Å². The Morgan fingerprint density at radius 1 is 1.44 bits per heavy atom. The van der Waals surface area contributed by atoms with Crippen LogP contribution in [-0.2, 0) is 0 Å². The lowest BCUT2D eigenvalue weighted by atomic mass is 9.84. The Balaban J connectivity index is 3.71. The molecule has 54 valence electrons. The van der Waals surface area contributed by atoms with Crippen molar-refractivity contribution in [1.82, 2.24) is 0 Å². The van der Waals surface area contributed by atoms with Crippen molar-refractivity contribution in [2.45, 2.75) is 40.5 Å². The molecule has 0 fully saturated rings. The molecule has 0 atom stereocenters. The summed E-state index contributed by atoms with van der Waals surface area (Å²) in [5.41, 5.74) is 1.76. The van der Waals surface area contributed by atoms with Crippen molar-refractivity contribution in [3.8, 4) is 0 Å². The van der Waals surface area contributed by atoms with Gasteiger partial charge in [0.2, 0.25) is 0 Å². The van der Waals surface area contributed by atoms with Crippen molar-refractivity contribution >= 4 is 0 Å². The maximum Gasteiger partial charge on any atom is -0.0274 e. The molecule has 0 nitrogen and oxygen atoms in total. The highest BCUT2D eigenvalue weighted by Crippen LogP contribution is 2.27. The first kappa shape index (κ1) is 8.74. The Labute approximate surface area is 59.0 Å². The smallest absolute Gasteiger partial charge is 0.0274 e. The number of hydrogen-bond donors (Lipinski definition) is 0. The van der Waals surface area contributed by atoms with Crippen LogP contribution in [0.25, 0.3) is 0 Å². The summed E-state index contributed by atoms with van der Waals surface area (Å²) in [4.78, 5) is 0. The van der Waals surface area contributed by atoms with Gasteiger partial charge in [-0.1, -0.05) is 32.8 Å². The van der Waals surface area contributed by atoms with E-state index in [9.17, 15) is 0 Å². The Morgan fingerprint density at radius 3 is 2.00 bits per heavy atom. The Hall–Kier alpha value is -0.260. The summed E-state index contributed by atoms with van der Waals surface area (Å²) in [7, 11) is 0. The van der Waals surface area contributed by atoms with Gasteiger partial charge in [0.15, 0.2) is 0 Å². The first-order valence-corrected chi connectivity index (χ1v) is 3.62. The third-order valence-corrected chi connectivity index (χ3v) is 1.74. The maximum absolute atomic E-state index is 3.89. The van der Waals surface area contributed by atoms with Gasteiger partial charge in [-0.05, 0) is 18.8 Å². The quantitative estimate of drug-likeness (QED) is 0.508. The van der Waals surface area contributed by atoms with Crippen LogP contribution >= 0.6 is 0 Å². The van der Waals surface area contributed by atoms with E-state index in [1.54, 1.807) is 0 Å². The molecule has 0 N–H and O–H groups in total. The molecular formula is C9H18. The highest BCUT2D eigenvalue weighted by atomic mass is 14.2. The molecule has 0 aromatic carbocycles. The first-order valence-electron chi connectivity index (χ1n) is 3.62. The molecule has 0 spiro atoms. The Kier molecular flexibility index (Phi) is 2.96. The fraction of sp³-hybridized carbons (Fsp3) is 0.778. The normalized spacial score (nSPS) is 11.6. The van der Waals surface area contributed by atoms with Crippen molar-refractivity contribution in [1.29, 1.82) is 0 Å². The van der Waals surface area contributed by atoms with E-state index in [0.717, 1.165) is 6.42 Å². The molecule has 0 unspecified atom stereocenters. The predicted molar refractivity (Wildman–Crippen MR) is 43.5 cm³/mol. The van der Waals surface area contributed by atoms with E-state index in [1.807, 2.05) is 0 Å². The number of allylic oxidation sites excluding steroid dienone is 1. The first-order chi connectivity index (χ1) is 3.98. The minimum Gasteiger partial charge on any atom is -0.100 e. The van der Waals surface area contributed by atoms with E-state index < -0.39 is 0 Å². The van der Waals surface area contributed by atoms with E-state index in [-0.39, 0.29) is 0 Å². The highest BCUT2D eigenvalue weighted by Gasteiger charge is 2.13. The maximum atomic E-state index is 3.89. The standard InChI is InChI=1S/C9H18/c1-6-9(4,5)7-8(2)3/h2,6-7H2,1,3-5H3. The Bertz CT molecular complexity index is 98.6. The van der Waals surface area contributed by atoms with Crippen LogP contribution in [0.5, 0.6) is 0 Å². The Morgan fingerprint density at radius 2 is 1.89 bits per heavy atom. The lowest BCUT2D eigenvalue weighted by Gasteiger charge is -2.21. The monoisotopic (exact) mass is 126 g/mol. The molecule has 9 heavy (non-hydrogen) atoms. The zero-order valence-corrected chi connectivity index (χ0v) is 7.12. The molecule has 0 aromatic rings. The number of hydrogen-bond acceptors (Lipinski definition) is 0. The van der Waals surface area contributed by atoms with Crippen LogP contribution in [0, 0.1) is 5.41 Å². The summed E-state index contributed by atoms with van der Waals surface area (Å²) in [6.45, 7) is 12.8. The zero-order valence-electron chi connectivity index (χ0n) is 7.12. The molecular weight excluding hydrogens is 108 g/mol. The van der Waals surface area contributed by atoms with E-state index in [1.165, 1.54) is 12.0 Å². The molecule has 0 heterocycles. The summed E-state index contributed by atoms with van der Waals surface area (Å²) < 4.78 is 0.